The van der Waals surface area contributed by atoms with Crippen LogP contribution in [0.15, 0.2) is 18.2 Å². The molecule has 4 rings (SSSR count). The van der Waals surface area contributed by atoms with Gasteiger partial charge < -0.3 is 19.5 Å². The summed E-state index contributed by atoms with van der Waals surface area (Å²) in [5.74, 6) is 1.61. The number of imidazole rings is 1. The highest BCUT2D eigenvalue weighted by atomic mass is 16.5. The highest BCUT2D eigenvalue weighted by molar-refractivity contribution is 5.89. The van der Waals surface area contributed by atoms with Gasteiger partial charge in [0, 0.05) is 45.1 Å². The molecule has 1 aromatic heterocycles. The smallest absolute Gasteiger partial charge is 0.227 e. The number of likely N-dealkylation sites (tertiary alicyclic amines) is 1. The van der Waals surface area contributed by atoms with Gasteiger partial charge in [0.15, 0.2) is 0 Å². The molecule has 2 aliphatic rings. The Morgan fingerprint density at radius 1 is 1.42 bits per heavy atom. The lowest BCUT2D eigenvalue weighted by atomic mass is 10.1. The fourth-order valence-electron chi connectivity index (χ4n) is 3.62. The van der Waals surface area contributed by atoms with Gasteiger partial charge in [0.05, 0.1) is 24.1 Å². The number of ether oxygens (including phenoxy) is 1. The first kappa shape index (κ1) is 16.9. The molecule has 1 atom stereocenters. The highest BCUT2D eigenvalue weighted by Gasteiger charge is 2.42. The topological polar surface area (TPSA) is 78.5 Å². The van der Waals surface area contributed by atoms with Crippen LogP contribution in [-0.2, 0) is 16.0 Å². The Morgan fingerprint density at radius 3 is 2.96 bits per heavy atom. The van der Waals surface area contributed by atoms with Crippen LogP contribution in [0.1, 0.15) is 25.1 Å². The zero-order valence-electron chi connectivity index (χ0n) is 15.2. The van der Waals surface area contributed by atoms with Crippen LogP contribution in [0.25, 0.3) is 11.0 Å². The normalized spacial score (nSPS) is 20.0. The molecular formula is C19H24N4O3. The van der Waals surface area contributed by atoms with Gasteiger partial charge in [0.1, 0.15) is 11.6 Å². The number of rotatable bonds is 6. The van der Waals surface area contributed by atoms with Crippen LogP contribution in [0.3, 0.4) is 0 Å². The first-order valence-electron chi connectivity index (χ1n) is 9.12. The maximum Gasteiger partial charge on any atom is 0.227 e. The summed E-state index contributed by atoms with van der Waals surface area (Å²) in [6.07, 6.45) is 3.16. The van der Waals surface area contributed by atoms with Gasteiger partial charge in [-0.3, -0.25) is 9.59 Å². The van der Waals surface area contributed by atoms with E-state index in [9.17, 15) is 9.59 Å². The summed E-state index contributed by atoms with van der Waals surface area (Å²) in [6.45, 7) is 1.15. The molecule has 1 aliphatic heterocycles. The van der Waals surface area contributed by atoms with E-state index in [4.69, 9.17) is 4.74 Å². The number of likely N-dealkylation sites (N-methyl/N-ethyl adjacent to an activating group) is 1. The van der Waals surface area contributed by atoms with E-state index in [2.05, 4.69) is 9.97 Å². The second kappa shape index (κ2) is 6.63. The minimum absolute atomic E-state index is 0.0549. The molecule has 2 amide bonds. The van der Waals surface area contributed by atoms with Crippen LogP contribution in [-0.4, -0.2) is 64.9 Å². The first-order valence-corrected chi connectivity index (χ1v) is 9.12. The van der Waals surface area contributed by atoms with Crippen molar-refractivity contribution in [2.45, 2.75) is 31.7 Å². The lowest BCUT2D eigenvalue weighted by Crippen LogP contribution is -2.36. The quantitative estimate of drug-likeness (QED) is 0.852. The maximum absolute atomic E-state index is 12.7. The molecule has 2 aromatic rings. The van der Waals surface area contributed by atoms with Gasteiger partial charge in [-0.2, -0.15) is 0 Å². The Balaban J connectivity index is 1.35. The molecule has 2 heterocycles. The molecule has 7 nitrogen and oxygen atoms in total. The Morgan fingerprint density at radius 2 is 2.23 bits per heavy atom. The van der Waals surface area contributed by atoms with Crippen LogP contribution in [0.5, 0.6) is 5.75 Å². The molecule has 1 N–H and O–H groups in total. The third-order valence-electron chi connectivity index (χ3n) is 5.29. The molecule has 0 spiro atoms. The number of hydrogen-bond acceptors (Lipinski definition) is 4. The summed E-state index contributed by atoms with van der Waals surface area (Å²) in [7, 11) is 3.44. The SMILES string of the molecule is COc1ccc2nc(CCN(C)C(=O)[C@H]3CC(=O)N(C4CC4)C3)[nH]c2c1. The Labute approximate surface area is 152 Å². The lowest BCUT2D eigenvalue weighted by molar-refractivity contribution is -0.134. The summed E-state index contributed by atoms with van der Waals surface area (Å²) in [5.41, 5.74) is 1.81. The van der Waals surface area contributed by atoms with Gasteiger partial charge in [0.2, 0.25) is 11.8 Å². The number of aromatic nitrogens is 2. The van der Waals surface area contributed by atoms with Gasteiger partial charge in [-0.05, 0) is 25.0 Å². The van der Waals surface area contributed by atoms with Crippen molar-refractivity contribution in [2.75, 3.05) is 27.2 Å². The van der Waals surface area contributed by atoms with E-state index >= 15 is 0 Å². The molecule has 1 saturated carbocycles. The Kier molecular flexibility index (Phi) is 4.30. The second-order valence-corrected chi connectivity index (χ2v) is 7.25. The molecule has 0 bridgehead atoms. The van der Waals surface area contributed by atoms with E-state index in [-0.39, 0.29) is 17.7 Å². The van der Waals surface area contributed by atoms with Crippen LogP contribution in [0.4, 0.5) is 0 Å². The largest absolute Gasteiger partial charge is 0.497 e. The number of fused-ring (bicyclic) bond motifs is 1. The molecule has 1 aliphatic carbocycles. The summed E-state index contributed by atoms with van der Waals surface area (Å²) < 4.78 is 5.22. The van der Waals surface area contributed by atoms with E-state index in [1.165, 1.54) is 0 Å². The third-order valence-corrected chi connectivity index (χ3v) is 5.29. The van der Waals surface area contributed by atoms with Crippen molar-refractivity contribution in [3.05, 3.63) is 24.0 Å². The zero-order valence-corrected chi connectivity index (χ0v) is 15.2. The standard InChI is InChI=1S/C19H24N4O3/c1-22(19(25)12-9-18(24)23(11-12)13-3-4-13)8-7-17-20-15-6-5-14(26-2)10-16(15)21-17/h5-6,10,12-13H,3-4,7-9,11H2,1-2H3,(H,20,21)/t12-/m0/s1. The van der Waals surface area contributed by atoms with Crippen molar-refractivity contribution in [3.63, 3.8) is 0 Å². The van der Waals surface area contributed by atoms with E-state index in [1.807, 2.05) is 23.1 Å². The first-order chi connectivity index (χ1) is 12.5. The summed E-state index contributed by atoms with van der Waals surface area (Å²) in [6, 6.07) is 6.10. The van der Waals surface area contributed by atoms with Crippen molar-refractivity contribution in [1.29, 1.82) is 0 Å². The van der Waals surface area contributed by atoms with Crippen LogP contribution in [0.2, 0.25) is 0 Å². The fraction of sp³-hybridized carbons (Fsp3) is 0.526. The van der Waals surface area contributed by atoms with Gasteiger partial charge in [-0.15, -0.1) is 0 Å². The molecule has 26 heavy (non-hydrogen) atoms. The average molecular weight is 356 g/mol. The van der Waals surface area contributed by atoms with Gasteiger partial charge in [0.25, 0.3) is 0 Å². The molecule has 0 unspecified atom stereocenters. The van der Waals surface area contributed by atoms with Gasteiger partial charge >= 0.3 is 0 Å². The van der Waals surface area contributed by atoms with Crippen LogP contribution >= 0.6 is 0 Å². The molecular weight excluding hydrogens is 332 g/mol. The van der Waals surface area contributed by atoms with Crippen molar-refractivity contribution in [3.8, 4) is 5.75 Å². The highest BCUT2D eigenvalue weighted by Crippen LogP contribution is 2.33. The van der Waals surface area contributed by atoms with E-state index in [0.29, 0.717) is 32.0 Å². The summed E-state index contributed by atoms with van der Waals surface area (Å²) >= 11 is 0. The van der Waals surface area contributed by atoms with E-state index in [1.54, 1.807) is 19.1 Å². The number of H-pyrrole nitrogens is 1. The molecule has 138 valence electrons. The summed E-state index contributed by atoms with van der Waals surface area (Å²) in [4.78, 5) is 36.2. The average Bonchev–Trinajstić information content (AvgIpc) is 3.29. The molecule has 1 saturated heterocycles. The van der Waals surface area contributed by atoms with E-state index in [0.717, 1.165) is 35.4 Å². The van der Waals surface area contributed by atoms with E-state index < -0.39 is 0 Å². The zero-order chi connectivity index (χ0) is 18.3. The summed E-state index contributed by atoms with van der Waals surface area (Å²) in [5, 5.41) is 0. The number of amides is 2. The van der Waals surface area contributed by atoms with Crippen LogP contribution < -0.4 is 4.74 Å². The maximum atomic E-state index is 12.7. The minimum atomic E-state index is -0.201. The number of nitrogens with one attached hydrogen (secondary N) is 1. The van der Waals surface area contributed by atoms with Gasteiger partial charge in [-0.1, -0.05) is 0 Å². The number of hydrogen-bond donors (Lipinski definition) is 1. The molecule has 1 aromatic carbocycles. The number of methoxy groups -OCH3 is 1. The van der Waals surface area contributed by atoms with Gasteiger partial charge in [-0.25, -0.2) is 4.98 Å². The van der Waals surface area contributed by atoms with Crippen molar-refractivity contribution in [1.82, 2.24) is 19.8 Å². The number of carbonyl (C=O) groups excluding carboxylic acids is 2. The van der Waals surface area contributed by atoms with Crippen molar-refractivity contribution < 1.29 is 14.3 Å². The minimum Gasteiger partial charge on any atom is -0.497 e. The number of benzene rings is 1. The fourth-order valence-corrected chi connectivity index (χ4v) is 3.62. The van der Waals surface area contributed by atoms with Crippen molar-refractivity contribution in [2.24, 2.45) is 5.92 Å². The predicted molar refractivity (Wildman–Crippen MR) is 96.8 cm³/mol. The Bertz CT molecular complexity index is 842. The lowest BCUT2D eigenvalue weighted by Gasteiger charge is -2.21. The predicted octanol–water partition coefficient (Wildman–Crippen LogP) is 1.58. The van der Waals surface area contributed by atoms with Crippen LogP contribution in [0, 0.1) is 5.92 Å². The molecule has 7 heteroatoms. The number of nitrogens with zero attached hydrogens (tertiary/aromatic N) is 3. The third kappa shape index (κ3) is 3.25. The number of aromatic amines is 1. The number of carbonyl (C=O) groups is 2. The monoisotopic (exact) mass is 356 g/mol. The Hall–Kier alpha value is -2.57. The molecule has 0 radical (unpaired) electrons. The molecule has 2 fully saturated rings. The second-order valence-electron chi connectivity index (χ2n) is 7.25. The van der Waals surface area contributed by atoms with Crippen molar-refractivity contribution >= 4 is 22.8 Å².